The van der Waals surface area contributed by atoms with Crippen LogP contribution in [0.2, 0.25) is 0 Å². The highest BCUT2D eigenvalue weighted by atomic mass is 32.2. The summed E-state index contributed by atoms with van der Waals surface area (Å²) in [6.07, 6.45) is 1.26. The largest absolute Gasteiger partial charge is 0.486 e. The Bertz CT molecular complexity index is 1400. The molecule has 2 amide bonds. The minimum Gasteiger partial charge on any atom is -0.486 e. The van der Waals surface area contributed by atoms with Gasteiger partial charge in [-0.2, -0.15) is 0 Å². The third kappa shape index (κ3) is 6.93. The van der Waals surface area contributed by atoms with E-state index in [-0.39, 0.29) is 23.0 Å². The molecule has 0 fully saturated rings. The fourth-order valence-electron chi connectivity index (χ4n) is 4.40. The second kappa shape index (κ2) is 13.3. The van der Waals surface area contributed by atoms with Gasteiger partial charge < -0.3 is 19.7 Å². The number of carbonyl (C=O) groups is 2. The van der Waals surface area contributed by atoms with Gasteiger partial charge in [0.1, 0.15) is 25.8 Å². The van der Waals surface area contributed by atoms with Crippen LogP contribution in [0.25, 0.3) is 0 Å². The molecule has 9 nitrogen and oxygen atoms in total. The van der Waals surface area contributed by atoms with Crippen LogP contribution >= 0.6 is 0 Å². The number of rotatable bonds is 12. The maximum atomic E-state index is 13.9. The summed E-state index contributed by atoms with van der Waals surface area (Å²) in [6.45, 7) is 4.55. The quantitative estimate of drug-likeness (QED) is 0.360. The van der Waals surface area contributed by atoms with Gasteiger partial charge in [-0.15, -0.1) is 0 Å². The molecule has 3 aromatic rings. The molecule has 1 unspecified atom stereocenters. The second-order valence-corrected chi connectivity index (χ2v) is 11.3. The zero-order valence-electron chi connectivity index (χ0n) is 22.8. The van der Waals surface area contributed by atoms with Crippen LogP contribution < -0.4 is 19.1 Å². The third-order valence-corrected chi connectivity index (χ3v) is 8.41. The molecule has 10 heteroatoms. The van der Waals surface area contributed by atoms with Crippen LogP contribution in [0.5, 0.6) is 11.5 Å². The molecule has 0 aliphatic carbocycles. The van der Waals surface area contributed by atoms with Gasteiger partial charge in [0.2, 0.25) is 11.8 Å². The maximum Gasteiger partial charge on any atom is 0.264 e. The Morgan fingerprint density at radius 2 is 1.57 bits per heavy atom. The van der Waals surface area contributed by atoms with E-state index in [0.29, 0.717) is 37.7 Å². The molecule has 40 heavy (non-hydrogen) atoms. The number of nitrogens with one attached hydrogen (secondary N) is 1. The van der Waals surface area contributed by atoms with E-state index in [1.54, 1.807) is 43.3 Å². The fourth-order valence-corrected chi connectivity index (χ4v) is 5.83. The number of hydrogen-bond donors (Lipinski definition) is 1. The van der Waals surface area contributed by atoms with E-state index < -0.39 is 28.5 Å². The second-order valence-electron chi connectivity index (χ2n) is 9.44. The van der Waals surface area contributed by atoms with Crippen LogP contribution in [-0.2, 0) is 26.0 Å². The Morgan fingerprint density at radius 1 is 0.925 bits per heavy atom. The smallest absolute Gasteiger partial charge is 0.264 e. The van der Waals surface area contributed by atoms with Crippen molar-refractivity contribution in [1.82, 2.24) is 10.2 Å². The first-order valence-corrected chi connectivity index (χ1v) is 14.8. The van der Waals surface area contributed by atoms with Crippen molar-refractivity contribution < 1.29 is 27.5 Å². The SMILES string of the molecule is CCCNC(=O)C(C)N(CCc1ccccc1)C(=O)CN(c1ccc2c(c1)OCCO2)S(=O)(=O)c1ccccc1. The molecule has 0 aromatic heterocycles. The van der Waals surface area contributed by atoms with Gasteiger partial charge in [0.05, 0.1) is 10.6 Å². The lowest BCUT2D eigenvalue weighted by molar-refractivity contribution is -0.138. The van der Waals surface area contributed by atoms with E-state index in [2.05, 4.69) is 5.32 Å². The number of benzene rings is 3. The van der Waals surface area contributed by atoms with Gasteiger partial charge in [-0.3, -0.25) is 13.9 Å². The number of sulfonamides is 1. The van der Waals surface area contributed by atoms with E-state index in [1.807, 2.05) is 37.3 Å². The number of fused-ring (bicyclic) bond motifs is 1. The minimum atomic E-state index is -4.15. The third-order valence-electron chi connectivity index (χ3n) is 6.62. The maximum absolute atomic E-state index is 13.9. The van der Waals surface area contributed by atoms with Crippen molar-refractivity contribution >= 4 is 27.5 Å². The van der Waals surface area contributed by atoms with Crippen molar-refractivity contribution in [2.45, 2.75) is 37.6 Å². The number of hydrogen-bond acceptors (Lipinski definition) is 6. The Morgan fingerprint density at radius 3 is 2.25 bits per heavy atom. The van der Waals surface area contributed by atoms with E-state index in [0.717, 1.165) is 16.3 Å². The standard InChI is InChI=1S/C30H35N3O6S/c1-3-17-31-30(35)23(2)32(18-16-24-10-6-4-7-11-24)29(34)22-33(40(36,37)26-12-8-5-9-13-26)25-14-15-27-28(21-25)39-20-19-38-27/h4-15,21,23H,3,16-20,22H2,1-2H3,(H,31,35). The van der Waals surface area contributed by atoms with Gasteiger partial charge in [-0.05, 0) is 49.6 Å². The molecule has 0 saturated heterocycles. The van der Waals surface area contributed by atoms with E-state index >= 15 is 0 Å². The highest BCUT2D eigenvalue weighted by molar-refractivity contribution is 7.92. The van der Waals surface area contributed by atoms with Crippen molar-refractivity contribution in [2.24, 2.45) is 0 Å². The van der Waals surface area contributed by atoms with E-state index in [1.165, 1.54) is 17.0 Å². The predicted molar refractivity (Wildman–Crippen MR) is 153 cm³/mol. The van der Waals surface area contributed by atoms with Gasteiger partial charge in [0, 0.05) is 19.2 Å². The van der Waals surface area contributed by atoms with Crippen molar-refractivity contribution in [1.29, 1.82) is 0 Å². The lowest BCUT2D eigenvalue weighted by Gasteiger charge is -2.32. The number of nitrogens with zero attached hydrogens (tertiary/aromatic N) is 2. The molecule has 0 saturated carbocycles. The first kappa shape index (κ1) is 28.9. The topological polar surface area (TPSA) is 105 Å². The Kier molecular flexibility index (Phi) is 9.65. The van der Waals surface area contributed by atoms with Crippen LogP contribution in [0.1, 0.15) is 25.8 Å². The molecule has 4 rings (SSSR count). The molecule has 3 aromatic carbocycles. The monoisotopic (exact) mass is 565 g/mol. The van der Waals surface area contributed by atoms with Gasteiger partial charge in [0.25, 0.3) is 10.0 Å². The van der Waals surface area contributed by atoms with Crippen molar-refractivity contribution in [3.8, 4) is 11.5 Å². The summed E-state index contributed by atoms with van der Waals surface area (Å²) in [5, 5.41) is 2.85. The number of anilines is 1. The van der Waals surface area contributed by atoms with Crippen LogP contribution in [0.15, 0.2) is 83.8 Å². The molecule has 0 bridgehead atoms. The summed E-state index contributed by atoms with van der Waals surface area (Å²) in [5.41, 5.74) is 1.26. The summed E-state index contributed by atoms with van der Waals surface area (Å²) < 4.78 is 40.1. The number of amides is 2. The Labute approximate surface area is 235 Å². The molecule has 1 heterocycles. The van der Waals surface area contributed by atoms with Gasteiger partial charge >= 0.3 is 0 Å². The predicted octanol–water partition coefficient (Wildman–Crippen LogP) is 3.64. The molecule has 1 atom stereocenters. The molecule has 1 aliphatic heterocycles. The molecular weight excluding hydrogens is 530 g/mol. The first-order chi connectivity index (χ1) is 19.3. The summed E-state index contributed by atoms with van der Waals surface area (Å²) in [7, 11) is -4.15. The summed E-state index contributed by atoms with van der Waals surface area (Å²) in [6, 6.07) is 21.6. The number of ether oxygens (including phenoxy) is 2. The average Bonchev–Trinajstić information content (AvgIpc) is 2.99. The summed E-state index contributed by atoms with van der Waals surface area (Å²) in [5.74, 6) is 0.117. The van der Waals surface area contributed by atoms with E-state index in [9.17, 15) is 18.0 Å². The zero-order valence-corrected chi connectivity index (χ0v) is 23.6. The lowest BCUT2D eigenvalue weighted by Crippen LogP contribution is -2.52. The van der Waals surface area contributed by atoms with Crippen molar-refractivity contribution in [2.75, 3.05) is 37.2 Å². The molecular formula is C30H35N3O6S. The molecule has 1 N–H and O–H groups in total. The molecule has 0 spiro atoms. The van der Waals surface area contributed by atoms with Crippen molar-refractivity contribution in [3.63, 3.8) is 0 Å². The van der Waals surface area contributed by atoms with Gasteiger partial charge in [-0.25, -0.2) is 8.42 Å². The molecule has 0 radical (unpaired) electrons. The minimum absolute atomic E-state index is 0.0438. The average molecular weight is 566 g/mol. The van der Waals surface area contributed by atoms with Crippen molar-refractivity contribution in [3.05, 3.63) is 84.4 Å². The van der Waals surface area contributed by atoms with Crippen LogP contribution in [0.4, 0.5) is 5.69 Å². The Hall–Kier alpha value is -4.05. The molecule has 1 aliphatic rings. The van der Waals surface area contributed by atoms with Crippen LogP contribution in [0, 0.1) is 0 Å². The Balaban J connectivity index is 1.68. The lowest BCUT2D eigenvalue weighted by atomic mass is 10.1. The highest BCUT2D eigenvalue weighted by Crippen LogP contribution is 2.35. The molecule has 212 valence electrons. The summed E-state index contributed by atoms with van der Waals surface area (Å²) >= 11 is 0. The van der Waals surface area contributed by atoms with Gasteiger partial charge in [0.15, 0.2) is 11.5 Å². The first-order valence-electron chi connectivity index (χ1n) is 13.4. The van der Waals surface area contributed by atoms with E-state index in [4.69, 9.17) is 9.47 Å². The summed E-state index contributed by atoms with van der Waals surface area (Å²) in [4.78, 5) is 28.3. The fraction of sp³-hybridized carbons (Fsp3) is 0.333. The number of carbonyl (C=O) groups excluding carboxylic acids is 2. The van der Waals surface area contributed by atoms with Crippen LogP contribution in [0.3, 0.4) is 0 Å². The van der Waals surface area contributed by atoms with Gasteiger partial charge in [-0.1, -0.05) is 55.5 Å². The zero-order chi connectivity index (χ0) is 28.5. The van der Waals surface area contributed by atoms with Crippen LogP contribution in [-0.4, -0.2) is 64.0 Å². The normalized spacial score (nSPS) is 13.2. The highest BCUT2D eigenvalue weighted by Gasteiger charge is 2.33.